The van der Waals surface area contributed by atoms with Gasteiger partial charge in [-0.2, -0.15) is 0 Å². The summed E-state index contributed by atoms with van der Waals surface area (Å²) in [6.07, 6.45) is 4.01. The van der Waals surface area contributed by atoms with Crippen LogP contribution in [0.1, 0.15) is 36.0 Å². The third-order valence-electron chi connectivity index (χ3n) is 4.45. The molecule has 0 amide bonds. The second kappa shape index (κ2) is 4.78. The number of hydrogen-bond donors (Lipinski definition) is 1. The fourth-order valence-electron chi connectivity index (χ4n) is 2.94. The minimum atomic E-state index is 0.0860. The van der Waals surface area contributed by atoms with Crippen molar-refractivity contribution in [2.75, 3.05) is 6.54 Å². The first-order valence-corrected chi connectivity index (χ1v) is 6.95. The summed E-state index contributed by atoms with van der Waals surface area (Å²) < 4.78 is 0. The highest BCUT2D eigenvalue weighted by molar-refractivity contribution is 6.00. The molecule has 1 fully saturated rings. The second-order valence-corrected chi connectivity index (χ2v) is 5.72. The number of carbonyl (C=O) groups excluding carboxylic acids is 1. The van der Waals surface area contributed by atoms with Gasteiger partial charge in [-0.3, -0.25) is 4.79 Å². The SMILES string of the molecule is NCC1(CC(=O)c2ccc3ccccc3c2)CCC1. The molecule has 2 N–H and O–H groups in total. The van der Waals surface area contributed by atoms with Gasteiger partial charge >= 0.3 is 0 Å². The summed E-state index contributed by atoms with van der Waals surface area (Å²) in [5, 5.41) is 2.31. The zero-order valence-electron chi connectivity index (χ0n) is 11.1. The predicted molar refractivity (Wildman–Crippen MR) is 78.2 cm³/mol. The molecule has 0 unspecified atom stereocenters. The van der Waals surface area contributed by atoms with Gasteiger partial charge in [0.15, 0.2) is 5.78 Å². The monoisotopic (exact) mass is 253 g/mol. The number of rotatable bonds is 4. The Balaban J connectivity index is 1.85. The Bertz CT molecular complexity index is 608. The molecule has 2 aromatic rings. The van der Waals surface area contributed by atoms with Crippen molar-refractivity contribution in [2.45, 2.75) is 25.7 Å². The lowest BCUT2D eigenvalue weighted by atomic mass is 9.65. The van der Waals surface area contributed by atoms with Crippen LogP contribution in [-0.2, 0) is 0 Å². The van der Waals surface area contributed by atoms with E-state index in [1.54, 1.807) is 0 Å². The van der Waals surface area contributed by atoms with E-state index in [1.807, 2.05) is 36.4 Å². The Morgan fingerprint density at radius 3 is 2.47 bits per heavy atom. The highest BCUT2D eigenvalue weighted by Gasteiger charge is 2.37. The summed E-state index contributed by atoms with van der Waals surface area (Å²) in [4.78, 5) is 12.4. The maximum Gasteiger partial charge on any atom is 0.163 e. The van der Waals surface area contributed by atoms with Gasteiger partial charge in [-0.15, -0.1) is 0 Å². The molecule has 2 heteroatoms. The Labute approximate surface area is 113 Å². The molecule has 0 bridgehead atoms. The molecule has 0 spiro atoms. The van der Waals surface area contributed by atoms with Gasteiger partial charge in [0.05, 0.1) is 0 Å². The average molecular weight is 253 g/mol. The van der Waals surface area contributed by atoms with Crippen molar-refractivity contribution in [3.63, 3.8) is 0 Å². The largest absolute Gasteiger partial charge is 0.330 e. The molecule has 0 aromatic heterocycles. The molecule has 0 radical (unpaired) electrons. The van der Waals surface area contributed by atoms with Crippen molar-refractivity contribution >= 4 is 16.6 Å². The first-order valence-electron chi connectivity index (χ1n) is 6.95. The van der Waals surface area contributed by atoms with Gasteiger partial charge in [-0.25, -0.2) is 0 Å². The Morgan fingerprint density at radius 1 is 1.11 bits per heavy atom. The number of fused-ring (bicyclic) bond motifs is 1. The highest BCUT2D eigenvalue weighted by atomic mass is 16.1. The van der Waals surface area contributed by atoms with E-state index in [9.17, 15) is 4.79 Å². The number of hydrogen-bond acceptors (Lipinski definition) is 2. The second-order valence-electron chi connectivity index (χ2n) is 5.72. The molecule has 2 aromatic carbocycles. The van der Waals surface area contributed by atoms with Crippen molar-refractivity contribution in [3.05, 3.63) is 48.0 Å². The number of ketones is 1. The third-order valence-corrected chi connectivity index (χ3v) is 4.45. The molecule has 1 saturated carbocycles. The lowest BCUT2D eigenvalue weighted by Crippen LogP contribution is -2.39. The first kappa shape index (κ1) is 12.4. The molecule has 0 saturated heterocycles. The normalized spacial score (nSPS) is 17.1. The predicted octanol–water partition coefficient (Wildman–Crippen LogP) is 3.54. The molecule has 2 nitrogen and oxygen atoms in total. The van der Waals surface area contributed by atoms with Gasteiger partial charge in [0.2, 0.25) is 0 Å². The summed E-state index contributed by atoms with van der Waals surface area (Å²) in [6.45, 7) is 0.631. The summed E-state index contributed by atoms with van der Waals surface area (Å²) in [7, 11) is 0. The van der Waals surface area contributed by atoms with E-state index < -0.39 is 0 Å². The van der Waals surface area contributed by atoms with E-state index in [1.165, 1.54) is 11.8 Å². The van der Waals surface area contributed by atoms with Crippen LogP contribution in [0.25, 0.3) is 10.8 Å². The van der Waals surface area contributed by atoms with Crippen LogP contribution in [0.5, 0.6) is 0 Å². The van der Waals surface area contributed by atoms with Gasteiger partial charge in [0.25, 0.3) is 0 Å². The van der Waals surface area contributed by atoms with Crippen molar-refractivity contribution in [2.24, 2.45) is 11.1 Å². The summed E-state index contributed by atoms with van der Waals surface area (Å²) in [5.41, 5.74) is 6.74. The fraction of sp³-hybridized carbons (Fsp3) is 0.353. The molecular formula is C17H19NO. The number of nitrogens with two attached hydrogens (primary N) is 1. The minimum absolute atomic E-state index is 0.0860. The number of carbonyl (C=O) groups is 1. The standard InChI is InChI=1S/C17H19NO/c18-12-17(8-3-9-17)11-16(19)15-7-6-13-4-1-2-5-14(13)10-15/h1-2,4-7,10H,3,8-9,11-12,18H2. The van der Waals surface area contributed by atoms with Gasteiger partial charge in [0.1, 0.15) is 0 Å². The van der Waals surface area contributed by atoms with Crippen LogP contribution >= 0.6 is 0 Å². The van der Waals surface area contributed by atoms with Crippen molar-refractivity contribution in [3.8, 4) is 0 Å². The zero-order chi connectivity index (χ0) is 13.3. The Morgan fingerprint density at radius 2 is 1.84 bits per heavy atom. The summed E-state index contributed by atoms with van der Waals surface area (Å²) in [5.74, 6) is 0.232. The lowest BCUT2D eigenvalue weighted by molar-refractivity contribution is 0.0786. The van der Waals surface area contributed by atoms with Gasteiger partial charge in [-0.05, 0) is 41.6 Å². The van der Waals surface area contributed by atoms with E-state index in [2.05, 4.69) is 6.07 Å². The molecule has 1 aliphatic rings. The van der Waals surface area contributed by atoms with Crippen LogP contribution < -0.4 is 5.73 Å². The molecular weight excluding hydrogens is 234 g/mol. The first-order chi connectivity index (χ1) is 9.22. The van der Waals surface area contributed by atoms with Crippen LogP contribution in [0.4, 0.5) is 0 Å². The van der Waals surface area contributed by atoms with Crippen LogP contribution in [0, 0.1) is 5.41 Å². The zero-order valence-corrected chi connectivity index (χ0v) is 11.1. The van der Waals surface area contributed by atoms with Gasteiger partial charge < -0.3 is 5.73 Å². The van der Waals surface area contributed by atoms with E-state index in [0.717, 1.165) is 23.8 Å². The van der Waals surface area contributed by atoms with Crippen molar-refractivity contribution < 1.29 is 4.79 Å². The smallest absolute Gasteiger partial charge is 0.163 e. The quantitative estimate of drug-likeness (QED) is 0.847. The lowest BCUT2D eigenvalue weighted by Gasteiger charge is -2.40. The Kier molecular flexibility index (Phi) is 3.11. The topological polar surface area (TPSA) is 43.1 Å². The maximum absolute atomic E-state index is 12.4. The van der Waals surface area contributed by atoms with E-state index >= 15 is 0 Å². The Hall–Kier alpha value is -1.67. The maximum atomic E-state index is 12.4. The van der Waals surface area contributed by atoms with Gasteiger partial charge in [0, 0.05) is 12.0 Å². The minimum Gasteiger partial charge on any atom is -0.330 e. The number of Topliss-reactive ketones (excluding diaryl/α,β-unsaturated/α-hetero) is 1. The average Bonchev–Trinajstić information content (AvgIpc) is 2.42. The van der Waals surface area contributed by atoms with Crippen LogP contribution in [0.2, 0.25) is 0 Å². The van der Waals surface area contributed by atoms with Gasteiger partial charge in [-0.1, -0.05) is 42.8 Å². The molecule has 1 aliphatic carbocycles. The van der Waals surface area contributed by atoms with E-state index in [-0.39, 0.29) is 11.2 Å². The van der Waals surface area contributed by atoms with Crippen LogP contribution in [0.15, 0.2) is 42.5 Å². The van der Waals surface area contributed by atoms with Crippen LogP contribution in [0.3, 0.4) is 0 Å². The molecule has 0 heterocycles. The molecule has 19 heavy (non-hydrogen) atoms. The van der Waals surface area contributed by atoms with Crippen LogP contribution in [-0.4, -0.2) is 12.3 Å². The van der Waals surface area contributed by atoms with Crippen molar-refractivity contribution in [1.29, 1.82) is 0 Å². The summed E-state index contributed by atoms with van der Waals surface area (Å²) in [6, 6.07) is 14.1. The molecule has 3 rings (SSSR count). The molecule has 0 atom stereocenters. The van der Waals surface area contributed by atoms with Crippen molar-refractivity contribution in [1.82, 2.24) is 0 Å². The molecule has 98 valence electrons. The fourth-order valence-corrected chi connectivity index (χ4v) is 2.94. The third kappa shape index (κ3) is 2.28. The van der Waals surface area contributed by atoms with E-state index in [0.29, 0.717) is 13.0 Å². The summed E-state index contributed by atoms with van der Waals surface area (Å²) >= 11 is 0. The number of benzene rings is 2. The van der Waals surface area contributed by atoms with E-state index in [4.69, 9.17) is 5.73 Å². The highest BCUT2D eigenvalue weighted by Crippen LogP contribution is 2.43. The molecule has 0 aliphatic heterocycles.